The molecule has 0 aromatic carbocycles. The first-order valence-electron chi connectivity index (χ1n) is 5.65. The summed E-state index contributed by atoms with van der Waals surface area (Å²) in [5, 5.41) is 11.8. The summed E-state index contributed by atoms with van der Waals surface area (Å²) in [5.41, 5.74) is 5.66. The van der Waals surface area contributed by atoms with Crippen LogP contribution in [-0.4, -0.2) is 52.8 Å². The van der Waals surface area contributed by atoms with Crippen molar-refractivity contribution >= 4 is 17.6 Å². The molecule has 1 saturated heterocycles. The van der Waals surface area contributed by atoms with E-state index in [-0.39, 0.29) is 12.4 Å². The van der Waals surface area contributed by atoms with Crippen LogP contribution in [0.1, 0.15) is 19.3 Å². The third kappa shape index (κ3) is 3.94. The second-order valence-corrected chi connectivity index (χ2v) is 5.58. The summed E-state index contributed by atoms with van der Waals surface area (Å²) in [6.45, 7) is 1.09. The predicted molar refractivity (Wildman–Crippen MR) is 66.0 cm³/mol. The Morgan fingerprint density at radius 3 is 2.39 bits per heavy atom. The molecule has 3 N–H and O–H groups in total. The smallest absolute Gasteiger partial charge is 0.390 e. The van der Waals surface area contributed by atoms with Gasteiger partial charge in [-0.3, -0.25) is 0 Å². The van der Waals surface area contributed by atoms with Gasteiger partial charge < -0.3 is 15.8 Å². The molecule has 0 aromatic heterocycles. The van der Waals surface area contributed by atoms with Crippen LogP contribution >= 0.6 is 11.8 Å². The summed E-state index contributed by atoms with van der Waals surface area (Å²) >= 11 is 1.49. The molecular formula is C10H18F3N3OS. The molecule has 1 fully saturated rings. The Hall–Kier alpha value is -0.630. The van der Waals surface area contributed by atoms with Gasteiger partial charge in [0.15, 0.2) is 5.84 Å². The number of amidine groups is 1. The highest BCUT2D eigenvalue weighted by molar-refractivity contribution is 8.00. The lowest BCUT2D eigenvalue weighted by molar-refractivity contribution is -0.138. The Morgan fingerprint density at radius 2 is 2.00 bits per heavy atom. The maximum absolute atomic E-state index is 12.1. The molecule has 8 heteroatoms. The van der Waals surface area contributed by atoms with Gasteiger partial charge in [0.05, 0.1) is 11.2 Å². The molecule has 1 aliphatic rings. The Bertz CT molecular complexity index is 301. The Kier molecular flexibility index (Phi) is 5.15. The summed E-state index contributed by atoms with van der Waals surface area (Å²) in [7, 11) is 0. The van der Waals surface area contributed by atoms with E-state index in [9.17, 15) is 13.2 Å². The van der Waals surface area contributed by atoms with Gasteiger partial charge in [0.1, 0.15) is 0 Å². The summed E-state index contributed by atoms with van der Waals surface area (Å²) in [6.07, 6.45) is -1.84. The normalized spacial score (nSPS) is 22.1. The zero-order chi connectivity index (χ0) is 13.8. The van der Waals surface area contributed by atoms with Crippen LogP contribution in [0.15, 0.2) is 5.16 Å². The van der Waals surface area contributed by atoms with E-state index in [0.717, 1.165) is 0 Å². The van der Waals surface area contributed by atoms with Gasteiger partial charge in [0, 0.05) is 6.54 Å². The number of thioether (sulfide) groups is 1. The van der Waals surface area contributed by atoms with Gasteiger partial charge in [-0.2, -0.15) is 24.9 Å². The monoisotopic (exact) mass is 285 g/mol. The van der Waals surface area contributed by atoms with Gasteiger partial charge in [-0.15, -0.1) is 0 Å². The van der Waals surface area contributed by atoms with Gasteiger partial charge in [-0.25, -0.2) is 0 Å². The molecule has 0 amide bonds. The van der Waals surface area contributed by atoms with Crippen molar-refractivity contribution in [3.05, 3.63) is 0 Å². The molecule has 1 aliphatic heterocycles. The molecule has 0 bridgehead atoms. The van der Waals surface area contributed by atoms with Crippen LogP contribution in [0.4, 0.5) is 13.2 Å². The van der Waals surface area contributed by atoms with Crippen LogP contribution in [-0.2, 0) is 0 Å². The molecule has 1 heterocycles. The molecule has 106 valence electrons. The third-order valence-corrected chi connectivity index (χ3v) is 4.74. The number of nitrogens with zero attached hydrogens (tertiary/aromatic N) is 2. The van der Waals surface area contributed by atoms with Crippen LogP contribution in [0.3, 0.4) is 0 Å². The molecule has 18 heavy (non-hydrogen) atoms. The second kappa shape index (κ2) is 6.01. The molecule has 0 saturated carbocycles. The van der Waals surface area contributed by atoms with E-state index in [1.54, 1.807) is 4.90 Å². The van der Waals surface area contributed by atoms with Crippen molar-refractivity contribution in [1.29, 1.82) is 0 Å². The topological polar surface area (TPSA) is 61.9 Å². The Morgan fingerprint density at radius 1 is 1.44 bits per heavy atom. The number of nitrogens with two attached hydrogens (primary N) is 1. The Labute approximate surface area is 108 Å². The fourth-order valence-electron chi connectivity index (χ4n) is 2.08. The van der Waals surface area contributed by atoms with E-state index in [1.807, 2.05) is 6.26 Å². The molecule has 0 aliphatic carbocycles. The molecule has 0 atom stereocenters. The number of piperidine rings is 1. The zero-order valence-electron chi connectivity index (χ0n) is 10.2. The van der Waals surface area contributed by atoms with E-state index in [1.165, 1.54) is 11.8 Å². The van der Waals surface area contributed by atoms with Crippen LogP contribution in [0.5, 0.6) is 0 Å². The lowest BCUT2D eigenvalue weighted by atomic mass is 9.94. The fraction of sp³-hybridized carbons (Fsp3) is 0.900. The molecule has 0 radical (unpaired) electrons. The van der Waals surface area contributed by atoms with Crippen molar-refractivity contribution in [2.75, 3.05) is 25.9 Å². The van der Waals surface area contributed by atoms with Gasteiger partial charge in [-0.05, 0) is 32.2 Å². The highest BCUT2D eigenvalue weighted by Gasteiger charge is 2.38. The standard InChI is InChI=1S/C10H18F3N3OS/c1-18-9(8(14)15-17)2-5-16(6-3-9)7-4-10(11,12)13/h17H,2-7H2,1H3,(H2,14,15). The minimum absolute atomic E-state index is 0.0180. The molecule has 4 nitrogen and oxygen atoms in total. The van der Waals surface area contributed by atoms with E-state index < -0.39 is 17.3 Å². The highest BCUT2D eigenvalue weighted by atomic mass is 32.2. The van der Waals surface area contributed by atoms with Crippen molar-refractivity contribution in [3.8, 4) is 0 Å². The molecule has 0 spiro atoms. The average molecular weight is 285 g/mol. The maximum Gasteiger partial charge on any atom is 0.390 e. The number of likely N-dealkylation sites (tertiary alicyclic amines) is 1. The van der Waals surface area contributed by atoms with E-state index >= 15 is 0 Å². The molecule has 0 aromatic rings. The number of oxime groups is 1. The van der Waals surface area contributed by atoms with Gasteiger partial charge >= 0.3 is 6.18 Å². The SMILES string of the molecule is CSC1(C(N)=NO)CCN(CCC(F)(F)F)CC1. The van der Waals surface area contributed by atoms with Crippen LogP contribution in [0, 0.1) is 0 Å². The Balaban J connectivity index is 2.49. The van der Waals surface area contributed by atoms with Crippen LogP contribution < -0.4 is 5.73 Å². The van der Waals surface area contributed by atoms with Crippen LogP contribution in [0.25, 0.3) is 0 Å². The number of alkyl halides is 3. The fourth-order valence-corrected chi connectivity index (χ4v) is 2.92. The van der Waals surface area contributed by atoms with E-state index in [0.29, 0.717) is 25.9 Å². The molecule has 1 rings (SSSR count). The van der Waals surface area contributed by atoms with Gasteiger partial charge in [-0.1, -0.05) is 5.16 Å². The van der Waals surface area contributed by atoms with E-state index in [4.69, 9.17) is 10.9 Å². The second-order valence-electron chi connectivity index (χ2n) is 4.39. The predicted octanol–water partition coefficient (Wildman–Crippen LogP) is 1.88. The highest BCUT2D eigenvalue weighted by Crippen LogP contribution is 2.35. The van der Waals surface area contributed by atoms with Gasteiger partial charge in [0.2, 0.25) is 0 Å². The maximum atomic E-state index is 12.1. The summed E-state index contributed by atoms with van der Waals surface area (Å²) < 4.78 is 35.9. The first-order valence-corrected chi connectivity index (χ1v) is 6.88. The van der Waals surface area contributed by atoms with Crippen molar-refractivity contribution in [1.82, 2.24) is 4.90 Å². The third-order valence-electron chi connectivity index (χ3n) is 3.34. The number of halogens is 3. The first kappa shape index (κ1) is 15.4. The van der Waals surface area contributed by atoms with Crippen molar-refractivity contribution in [2.45, 2.75) is 30.2 Å². The van der Waals surface area contributed by atoms with Crippen molar-refractivity contribution in [2.24, 2.45) is 10.9 Å². The summed E-state index contributed by atoms with van der Waals surface area (Å²) in [6, 6.07) is 0. The summed E-state index contributed by atoms with van der Waals surface area (Å²) in [5.74, 6) is 0.158. The number of hydrogen-bond acceptors (Lipinski definition) is 4. The minimum Gasteiger partial charge on any atom is -0.409 e. The zero-order valence-corrected chi connectivity index (χ0v) is 11.0. The van der Waals surface area contributed by atoms with Crippen molar-refractivity contribution in [3.63, 3.8) is 0 Å². The summed E-state index contributed by atoms with van der Waals surface area (Å²) in [4.78, 5) is 1.77. The quantitative estimate of drug-likeness (QED) is 0.358. The lowest BCUT2D eigenvalue weighted by Gasteiger charge is -2.39. The molecule has 0 unspecified atom stereocenters. The van der Waals surface area contributed by atoms with Crippen LogP contribution in [0.2, 0.25) is 0 Å². The largest absolute Gasteiger partial charge is 0.409 e. The average Bonchev–Trinajstić information content (AvgIpc) is 2.35. The van der Waals surface area contributed by atoms with Gasteiger partial charge in [0.25, 0.3) is 0 Å². The lowest BCUT2D eigenvalue weighted by Crippen LogP contribution is -2.50. The number of rotatable bonds is 4. The van der Waals surface area contributed by atoms with Crippen molar-refractivity contribution < 1.29 is 18.4 Å². The number of hydrogen-bond donors (Lipinski definition) is 2. The first-order chi connectivity index (χ1) is 8.33. The minimum atomic E-state index is -4.11. The van der Waals surface area contributed by atoms with E-state index in [2.05, 4.69) is 5.16 Å². The molecular weight excluding hydrogens is 267 g/mol.